The molecule has 0 saturated carbocycles. The molecule has 3 rings (SSSR count). The molecule has 5 nitrogen and oxygen atoms in total. The fourth-order valence-electron chi connectivity index (χ4n) is 2.76. The van der Waals surface area contributed by atoms with Gasteiger partial charge < -0.3 is 15.7 Å². The number of carbonyl (C=O) groups excluding carboxylic acids is 1. The molecule has 0 aliphatic carbocycles. The van der Waals surface area contributed by atoms with Crippen molar-refractivity contribution in [2.45, 2.75) is 31.0 Å². The van der Waals surface area contributed by atoms with Crippen LogP contribution in [0.25, 0.3) is 0 Å². The lowest BCUT2D eigenvalue weighted by molar-refractivity contribution is -0.123. The molecule has 1 amide bonds. The van der Waals surface area contributed by atoms with Gasteiger partial charge in [0.25, 0.3) is 0 Å². The molecule has 21 heavy (non-hydrogen) atoms. The number of hydrogen-bond donors (Lipinski definition) is 4. The Balaban J connectivity index is 1.69. The van der Waals surface area contributed by atoms with Gasteiger partial charge in [-0.3, -0.25) is 10.1 Å². The number of rotatable bonds is 3. The largest absolute Gasteiger partial charge is 0.508 e. The molecule has 2 saturated heterocycles. The predicted octanol–water partition coefficient (Wildman–Crippen LogP) is 1.58. The summed E-state index contributed by atoms with van der Waals surface area (Å²) in [6.45, 7) is 1.64. The molecule has 114 valence electrons. The smallest absolute Gasteiger partial charge is 0.237 e. The third-order valence-electron chi connectivity index (χ3n) is 4.05. The number of hydrogen-bond acceptors (Lipinski definition) is 4. The number of halogens is 2. The standard InChI is InChI=1S/C14H17Cl2N3O2/c15-8-1-4-11(20)12(13(8)16)9-2-3-10(19-9)14(21)18-7-5-17-6-7/h1,4,7,9-10,17,19-20H,2-3,5-6H2,(H,18,21)/t9-,10-/m1/s1. The monoisotopic (exact) mass is 329 g/mol. The van der Waals surface area contributed by atoms with Gasteiger partial charge in [0.15, 0.2) is 0 Å². The highest BCUT2D eigenvalue weighted by Crippen LogP contribution is 2.40. The summed E-state index contributed by atoms with van der Waals surface area (Å²) in [5.74, 6) is 0.104. The summed E-state index contributed by atoms with van der Waals surface area (Å²) in [6, 6.07) is 2.89. The maximum absolute atomic E-state index is 12.1. The van der Waals surface area contributed by atoms with Crippen molar-refractivity contribution >= 4 is 29.1 Å². The molecule has 2 atom stereocenters. The third kappa shape index (κ3) is 2.97. The number of carbonyl (C=O) groups is 1. The quantitative estimate of drug-likeness (QED) is 0.679. The molecule has 2 aliphatic rings. The lowest BCUT2D eigenvalue weighted by atomic mass is 10.0. The number of phenolic OH excluding ortho intramolecular Hbond substituents is 1. The summed E-state index contributed by atoms with van der Waals surface area (Å²) in [4.78, 5) is 12.1. The van der Waals surface area contributed by atoms with Gasteiger partial charge in [-0.1, -0.05) is 23.2 Å². The molecule has 2 fully saturated rings. The predicted molar refractivity (Wildman–Crippen MR) is 81.8 cm³/mol. The summed E-state index contributed by atoms with van der Waals surface area (Å²) in [7, 11) is 0. The van der Waals surface area contributed by atoms with E-state index in [2.05, 4.69) is 16.0 Å². The van der Waals surface area contributed by atoms with Crippen LogP contribution in [-0.2, 0) is 4.79 Å². The molecule has 0 radical (unpaired) electrons. The summed E-state index contributed by atoms with van der Waals surface area (Å²) in [6.07, 6.45) is 1.44. The first-order valence-corrected chi connectivity index (χ1v) is 7.76. The average Bonchev–Trinajstić information content (AvgIpc) is 2.88. The Bertz CT molecular complexity index is 563. The second-order valence-electron chi connectivity index (χ2n) is 5.51. The van der Waals surface area contributed by atoms with Gasteiger partial charge in [0.1, 0.15) is 5.75 Å². The first-order valence-electron chi connectivity index (χ1n) is 7.00. The fourth-order valence-corrected chi connectivity index (χ4v) is 3.21. The van der Waals surface area contributed by atoms with Gasteiger partial charge in [-0.15, -0.1) is 0 Å². The van der Waals surface area contributed by atoms with E-state index in [1.165, 1.54) is 6.07 Å². The minimum absolute atomic E-state index is 0.00152. The molecular formula is C14H17Cl2N3O2. The van der Waals surface area contributed by atoms with Gasteiger partial charge in [-0.05, 0) is 25.0 Å². The van der Waals surface area contributed by atoms with Crippen LogP contribution in [0.4, 0.5) is 0 Å². The number of benzene rings is 1. The lowest BCUT2D eigenvalue weighted by Crippen LogP contribution is -2.59. The minimum atomic E-state index is -0.259. The SMILES string of the molecule is O=C(NC1CNC1)[C@H]1CC[C@H](c2c(O)ccc(Cl)c2Cl)N1. The summed E-state index contributed by atoms with van der Waals surface area (Å²) < 4.78 is 0. The molecule has 4 N–H and O–H groups in total. The first-order chi connectivity index (χ1) is 10.1. The van der Waals surface area contributed by atoms with E-state index < -0.39 is 0 Å². The number of aromatic hydroxyl groups is 1. The second-order valence-corrected chi connectivity index (χ2v) is 6.29. The van der Waals surface area contributed by atoms with E-state index in [1.807, 2.05) is 0 Å². The van der Waals surface area contributed by atoms with Crippen molar-refractivity contribution in [3.8, 4) is 5.75 Å². The maximum Gasteiger partial charge on any atom is 0.237 e. The molecule has 0 aromatic heterocycles. The van der Waals surface area contributed by atoms with Crippen LogP contribution in [0.3, 0.4) is 0 Å². The highest BCUT2D eigenvalue weighted by Gasteiger charge is 2.34. The maximum atomic E-state index is 12.1. The molecular weight excluding hydrogens is 313 g/mol. The highest BCUT2D eigenvalue weighted by atomic mass is 35.5. The summed E-state index contributed by atoms with van der Waals surface area (Å²) in [5.41, 5.74) is 0.574. The zero-order valence-electron chi connectivity index (χ0n) is 11.3. The third-order valence-corrected chi connectivity index (χ3v) is 4.87. The second kappa shape index (κ2) is 6.01. The Kier molecular flexibility index (Phi) is 4.26. The Morgan fingerprint density at radius 1 is 1.29 bits per heavy atom. The molecule has 1 aromatic rings. The van der Waals surface area contributed by atoms with Crippen LogP contribution in [0.2, 0.25) is 10.0 Å². The van der Waals surface area contributed by atoms with E-state index >= 15 is 0 Å². The van der Waals surface area contributed by atoms with Crippen LogP contribution in [0.1, 0.15) is 24.4 Å². The molecule has 2 aliphatic heterocycles. The molecule has 2 heterocycles. The number of phenols is 1. The Labute approximate surface area is 133 Å². The highest BCUT2D eigenvalue weighted by molar-refractivity contribution is 6.42. The van der Waals surface area contributed by atoms with Crippen molar-refractivity contribution in [3.05, 3.63) is 27.7 Å². The molecule has 0 bridgehead atoms. The van der Waals surface area contributed by atoms with Gasteiger partial charge in [0.05, 0.1) is 22.1 Å². The zero-order chi connectivity index (χ0) is 15.0. The summed E-state index contributed by atoms with van der Waals surface area (Å²) in [5, 5.41) is 20.1. The lowest BCUT2D eigenvalue weighted by Gasteiger charge is -2.29. The van der Waals surface area contributed by atoms with E-state index in [0.717, 1.165) is 19.5 Å². The van der Waals surface area contributed by atoms with Crippen LogP contribution < -0.4 is 16.0 Å². The van der Waals surface area contributed by atoms with Crippen molar-refractivity contribution in [3.63, 3.8) is 0 Å². The van der Waals surface area contributed by atoms with Gasteiger partial charge in [-0.25, -0.2) is 0 Å². The van der Waals surface area contributed by atoms with Crippen LogP contribution in [0.15, 0.2) is 12.1 Å². The summed E-state index contributed by atoms with van der Waals surface area (Å²) >= 11 is 12.2. The average molecular weight is 330 g/mol. The van der Waals surface area contributed by atoms with Crippen LogP contribution in [0.5, 0.6) is 5.75 Å². The van der Waals surface area contributed by atoms with Crippen molar-refractivity contribution in [1.29, 1.82) is 0 Å². The topological polar surface area (TPSA) is 73.4 Å². The molecule has 0 unspecified atom stereocenters. The Morgan fingerprint density at radius 2 is 2.05 bits per heavy atom. The van der Waals surface area contributed by atoms with Crippen molar-refractivity contribution in [2.75, 3.05) is 13.1 Å². The normalized spacial score (nSPS) is 25.6. The molecule has 7 heteroatoms. The van der Waals surface area contributed by atoms with Gasteiger partial charge >= 0.3 is 0 Å². The van der Waals surface area contributed by atoms with Crippen molar-refractivity contribution in [2.24, 2.45) is 0 Å². The van der Waals surface area contributed by atoms with Gasteiger partial charge in [0.2, 0.25) is 5.91 Å². The molecule has 0 spiro atoms. The van der Waals surface area contributed by atoms with Crippen molar-refractivity contribution in [1.82, 2.24) is 16.0 Å². The Hall–Kier alpha value is -1.01. The van der Waals surface area contributed by atoms with E-state index in [1.54, 1.807) is 6.07 Å². The fraction of sp³-hybridized carbons (Fsp3) is 0.500. The Morgan fingerprint density at radius 3 is 2.71 bits per heavy atom. The van der Waals surface area contributed by atoms with Crippen LogP contribution in [-0.4, -0.2) is 36.2 Å². The zero-order valence-corrected chi connectivity index (χ0v) is 12.8. The number of nitrogens with one attached hydrogen (secondary N) is 3. The van der Waals surface area contributed by atoms with E-state index in [-0.39, 0.29) is 29.8 Å². The van der Waals surface area contributed by atoms with Crippen LogP contribution in [0, 0.1) is 0 Å². The van der Waals surface area contributed by atoms with Crippen LogP contribution >= 0.6 is 23.2 Å². The first kappa shape index (κ1) is 14.9. The molecule has 1 aromatic carbocycles. The number of amides is 1. The van der Waals surface area contributed by atoms with Crippen molar-refractivity contribution < 1.29 is 9.90 Å². The van der Waals surface area contributed by atoms with Gasteiger partial charge in [0, 0.05) is 24.7 Å². The van der Waals surface area contributed by atoms with Gasteiger partial charge in [-0.2, -0.15) is 0 Å². The van der Waals surface area contributed by atoms with E-state index in [4.69, 9.17) is 23.2 Å². The van der Waals surface area contributed by atoms with E-state index in [9.17, 15) is 9.90 Å². The minimum Gasteiger partial charge on any atom is -0.508 e. The van der Waals surface area contributed by atoms with E-state index in [0.29, 0.717) is 22.0 Å².